The molecule has 1 unspecified atom stereocenters. The van der Waals surface area contributed by atoms with Gasteiger partial charge in [0.1, 0.15) is 12.6 Å². The first kappa shape index (κ1) is 34.0. The van der Waals surface area contributed by atoms with Crippen molar-refractivity contribution in [2.24, 2.45) is 0 Å². The van der Waals surface area contributed by atoms with Gasteiger partial charge >= 0.3 is 0 Å². The zero-order chi connectivity index (χ0) is 32.7. The van der Waals surface area contributed by atoms with Gasteiger partial charge in [-0.3, -0.25) is 13.9 Å². The van der Waals surface area contributed by atoms with E-state index in [1.807, 2.05) is 51.1 Å². The molecule has 0 saturated carbocycles. The molecule has 0 aliphatic heterocycles. The van der Waals surface area contributed by atoms with Crippen molar-refractivity contribution >= 4 is 50.7 Å². The molecule has 0 aliphatic carbocycles. The molecule has 0 heterocycles. The number of halogens is 2. The minimum absolute atomic E-state index is 0.0397. The first-order chi connectivity index (χ1) is 21.3. The Kier molecular flexibility index (Phi) is 11.3. The van der Waals surface area contributed by atoms with Crippen LogP contribution in [0.4, 0.5) is 5.69 Å². The molecular weight excluding hydrogens is 629 g/mol. The minimum Gasteiger partial charge on any atom is -0.352 e. The van der Waals surface area contributed by atoms with E-state index in [0.29, 0.717) is 21.3 Å². The number of carbonyl (C=O) groups is 2. The van der Waals surface area contributed by atoms with Gasteiger partial charge in [0.2, 0.25) is 11.8 Å². The molecule has 0 aliphatic rings. The number of sulfonamides is 1. The van der Waals surface area contributed by atoms with Crippen LogP contribution < -0.4 is 9.62 Å². The second-order valence-electron chi connectivity index (χ2n) is 11.3. The van der Waals surface area contributed by atoms with E-state index >= 15 is 0 Å². The van der Waals surface area contributed by atoms with Crippen molar-refractivity contribution in [1.82, 2.24) is 10.2 Å². The highest BCUT2D eigenvalue weighted by molar-refractivity contribution is 7.92. The molecule has 10 heteroatoms. The minimum atomic E-state index is -4.21. The van der Waals surface area contributed by atoms with Crippen LogP contribution in [-0.4, -0.2) is 43.8 Å². The van der Waals surface area contributed by atoms with Gasteiger partial charge in [-0.2, -0.15) is 0 Å². The van der Waals surface area contributed by atoms with Gasteiger partial charge in [0.25, 0.3) is 10.0 Å². The standard InChI is InChI=1S/C35H37Cl2N3O4S/c1-24(2)38-35(42)33(21-27-8-6-5-7-9-27)39(22-28-12-14-29(36)15-13-28)34(41)23-40(32-19-16-30(37)20-26(32)4)45(43,44)31-17-10-25(3)11-18-31/h5-20,24,33H,21-23H2,1-4H3,(H,38,42). The molecule has 4 rings (SSSR count). The number of benzene rings is 4. The Labute approximate surface area is 275 Å². The Bertz CT molecular complexity index is 1730. The van der Waals surface area contributed by atoms with E-state index in [2.05, 4.69) is 5.32 Å². The van der Waals surface area contributed by atoms with E-state index in [4.69, 9.17) is 23.2 Å². The summed E-state index contributed by atoms with van der Waals surface area (Å²) in [7, 11) is -4.21. The highest BCUT2D eigenvalue weighted by Gasteiger charge is 2.35. The number of nitrogens with one attached hydrogen (secondary N) is 1. The summed E-state index contributed by atoms with van der Waals surface area (Å²) in [4.78, 5) is 29.8. The molecule has 236 valence electrons. The van der Waals surface area contributed by atoms with Crippen molar-refractivity contribution in [1.29, 1.82) is 0 Å². The lowest BCUT2D eigenvalue weighted by Crippen LogP contribution is -2.54. The van der Waals surface area contributed by atoms with E-state index in [9.17, 15) is 18.0 Å². The number of anilines is 1. The quantitative estimate of drug-likeness (QED) is 0.177. The molecule has 2 amide bonds. The van der Waals surface area contributed by atoms with Gasteiger partial charge < -0.3 is 10.2 Å². The van der Waals surface area contributed by atoms with Crippen LogP contribution in [0.2, 0.25) is 10.0 Å². The van der Waals surface area contributed by atoms with Gasteiger partial charge in [-0.25, -0.2) is 8.42 Å². The number of hydrogen-bond donors (Lipinski definition) is 1. The van der Waals surface area contributed by atoms with E-state index in [1.165, 1.54) is 17.0 Å². The number of aryl methyl sites for hydroxylation is 2. The molecule has 7 nitrogen and oxygen atoms in total. The third kappa shape index (κ3) is 8.87. The van der Waals surface area contributed by atoms with Crippen molar-refractivity contribution in [3.63, 3.8) is 0 Å². The zero-order valence-corrected chi connectivity index (χ0v) is 28.0. The summed E-state index contributed by atoms with van der Waals surface area (Å²) in [5.41, 5.74) is 3.37. The predicted molar refractivity (Wildman–Crippen MR) is 181 cm³/mol. The Balaban J connectivity index is 1.82. The fraction of sp³-hybridized carbons (Fsp3) is 0.257. The molecule has 45 heavy (non-hydrogen) atoms. The zero-order valence-electron chi connectivity index (χ0n) is 25.7. The van der Waals surface area contributed by atoms with E-state index in [-0.39, 0.29) is 29.8 Å². The van der Waals surface area contributed by atoms with Crippen LogP contribution in [0.1, 0.15) is 36.1 Å². The number of amides is 2. The van der Waals surface area contributed by atoms with Crippen molar-refractivity contribution in [2.75, 3.05) is 10.8 Å². The predicted octanol–water partition coefficient (Wildman–Crippen LogP) is 6.97. The second-order valence-corrected chi connectivity index (χ2v) is 14.0. The van der Waals surface area contributed by atoms with Crippen LogP contribution in [0, 0.1) is 13.8 Å². The molecule has 0 fully saturated rings. The van der Waals surface area contributed by atoms with Gasteiger partial charge in [0, 0.05) is 29.1 Å². The molecule has 1 atom stereocenters. The first-order valence-electron chi connectivity index (χ1n) is 14.6. The highest BCUT2D eigenvalue weighted by Crippen LogP contribution is 2.30. The number of nitrogens with zero attached hydrogens (tertiary/aromatic N) is 2. The lowest BCUT2D eigenvalue weighted by Gasteiger charge is -2.34. The summed E-state index contributed by atoms with van der Waals surface area (Å²) in [6, 6.07) is 26.6. The third-order valence-electron chi connectivity index (χ3n) is 7.28. The van der Waals surface area contributed by atoms with Crippen LogP contribution in [0.3, 0.4) is 0 Å². The third-order valence-corrected chi connectivity index (χ3v) is 9.54. The van der Waals surface area contributed by atoms with Crippen molar-refractivity contribution in [3.8, 4) is 0 Å². The van der Waals surface area contributed by atoms with Crippen LogP contribution in [0.5, 0.6) is 0 Å². The van der Waals surface area contributed by atoms with Crippen molar-refractivity contribution in [2.45, 2.75) is 57.6 Å². The van der Waals surface area contributed by atoms with Gasteiger partial charge in [0.05, 0.1) is 10.6 Å². The summed E-state index contributed by atoms with van der Waals surface area (Å²) < 4.78 is 29.5. The highest BCUT2D eigenvalue weighted by atomic mass is 35.5. The first-order valence-corrected chi connectivity index (χ1v) is 16.8. The Morgan fingerprint density at radius 1 is 0.800 bits per heavy atom. The second kappa shape index (κ2) is 15.0. The van der Waals surface area contributed by atoms with Gasteiger partial charge in [-0.15, -0.1) is 0 Å². The molecular formula is C35H37Cl2N3O4S. The largest absolute Gasteiger partial charge is 0.352 e. The summed E-state index contributed by atoms with van der Waals surface area (Å²) in [6.07, 6.45) is 0.226. The van der Waals surface area contributed by atoms with Crippen LogP contribution >= 0.6 is 23.2 Å². The number of rotatable bonds is 12. The number of hydrogen-bond acceptors (Lipinski definition) is 4. The Morgan fingerprint density at radius 2 is 1.42 bits per heavy atom. The van der Waals surface area contributed by atoms with E-state index in [1.54, 1.807) is 61.5 Å². The molecule has 4 aromatic rings. The van der Waals surface area contributed by atoms with Gasteiger partial charge in [-0.05, 0) is 86.8 Å². The average molecular weight is 667 g/mol. The molecule has 4 aromatic carbocycles. The summed E-state index contributed by atoms with van der Waals surface area (Å²) >= 11 is 12.4. The summed E-state index contributed by atoms with van der Waals surface area (Å²) in [5, 5.41) is 3.92. The van der Waals surface area contributed by atoms with Gasteiger partial charge in [-0.1, -0.05) is 83.4 Å². The fourth-order valence-corrected chi connectivity index (χ4v) is 6.80. The lowest BCUT2D eigenvalue weighted by atomic mass is 10.0. The number of carbonyl (C=O) groups excluding carboxylic acids is 2. The average Bonchev–Trinajstić information content (AvgIpc) is 2.99. The van der Waals surface area contributed by atoms with E-state index in [0.717, 1.165) is 21.0 Å². The summed E-state index contributed by atoms with van der Waals surface area (Å²) in [5.74, 6) is -0.887. The van der Waals surface area contributed by atoms with Gasteiger partial charge in [0.15, 0.2) is 0 Å². The monoisotopic (exact) mass is 665 g/mol. The van der Waals surface area contributed by atoms with E-state index < -0.39 is 28.5 Å². The molecule has 1 N–H and O–H groups in total. The molecule has 0 radical (unpaired) electrons. The summed E-state index contributed by atoms with van der Waals surface area (Å²) in [6.45, 7) is 6.81. The lowest BCUT2D eigenvalue weighted by molar-refractivity contribution is -0.140. The maximum atomic E-state index is 14.5. The van der Waals surface area contributed by atoms with Crippen molar-refractivity contribution in [3.05, 3.63) is 129 Å². The fourth-order valence-electron chi connectivity index (χ4n) is 4.97. The molecule has 0 bridgehead atoms. The Hall–Kier alpha value is -3.85. The maximum absolute atomic E-state index is 14.5. The maximum Gasteiger partial charge on any atom is 0.264 e. The van der Waals surface area contributed by atoms with Crippen LogP contribution in [-0.2, 0) is 32.6 Å². The molecule has 0 saturated heterocycles. The molecule has 0 aromatic heterocycles. The normalized spacial score (nSPS) is 12.1. The topological polar surface area (TPSA) is 86.8 Å². The molecule has 0 spiro atoms. The van der Waals surface area contributed by atoms with Crippen LogP contribution in [0.25, 0.3) is 0 Å². The van der Waals surface area contributed by atoms with Crippen molar-refractivity contribution < 1.29 is 18.0 Å². The van der Waals surface area contributed by atoms with Crippen LogP contribution in [0.15, 0.2) is 102 Å². The smallest absolute Gasteiger partial charge is 0.264 e. The Morgan fingerprint density at radius 3 is 2.02 bits per heavy atom. The SMILES string of the molecule is Cc1ccc(S(=O)(=O)N(CC(=O)N(Cc2ccc(Cl)cc2)C(Cc2ccccc2)C(=O)NC(C)C)c2ccc(Cl)cc2C)cc1.